The minimum atomic E-state index is -0.513. The number of nitrogens with zero attached hydrogens (tertiary/aromatic N) is 5. The second kappa shape index (κ2) is 6.92. The summed E-state index contributed by atoms with van der Waals surface area (Å²) in [7, 11) is 0. The Morgan fingerprint density at radius 1 is 1.28 bits per heavy atom. The number of pyridine rings is 1. The number of amides is 1. The van der Waals surface area contributed by atoms with Crippen molar-refractivity contribution in [3.05, 3.63) is 30.4 Å². The van der Waals surface area contributed by atoms with Crippen molar-refractivity contribution in [2.24, 2.45) is 5.92 Å². The maximum atomic E-state index is 12.6. The molecule has 0 spiro atoms. The molecule has 7 nitrogen and oxygen atoms in total. The summed E-state index contributed by atoms with van der Waals surface area (Å²) in [5.74, 6) is 1.88. The number of hydrogen-bond acceptors (Lipinski definition) is 5. The molecule has 1 amide bonds. The van der Waals surface area contributed by atoms with Gasteiger partial charge in [0.1, 0.15) is 0 Å². The van der Waals surface area contributed by atoms with E-state index in [1.165, 1.54) is 12.8 Å². The molecule has 2 aromatic heterocycles. The molecule has 1 fully saturated rings. The highest BCUT2D eigenvalue weighted by Gasteiger charge is 2.29. The Labute approximate surface area is 146 Å². The smallest absolute Gasteiger partial charge is 0.225 e. The Hall–Kier alpha value is -2.28. The SMILES string of the molecule is O=C(CC(O)C1CCCC1)N1CCn2c(nnc2-c2cccnc2)C1. The summed E-state index contributed by atoms with van der Waals surface area (Å²) >= 11 is 0. The summed E-state index contributed by atoms with van der Waals surface area (Å²) < 4.78 is 2.05. The van der Waals surface area contributed by atoms with Gasteiger partial charge in [0.15, 0.2) is 11.6 Å². The number of rotatable bonds is 4. The molecular weight excluding hydrogens is 318 g/mol. The van der Waals surface area contributed by atoms with Gasteiger partial charge in [-0.15, -0.1) is 10.2 Å². The van der Waals surface area contributed by atoms with Gasteiger partial charge < -0.3 is 14.6 Å². The summed E-state index contributed by atoms with van der Waals surface area (Å²) in [6.45, 7) is 1.73. The van der Waals surface area contributed by atoms with Crippen molar-refractivity contribution in [3.8, 4) is 11.4 Å². The first kappa shape index (κ1) is 16.2. The molecule has 1 N–H and O–H groups in total. The van der Waals surface area contributed by atoms with Crippen molar-refractivity contribution in [3.63, 3.8) is 0 Å². The molecule has 1 aliphatic carbocycles. The summed E-state index contributed by atoms with van der Waals surface area (Å²) in [5.41, 5.74) is 0.928. The van der Waals surface area contributed by atoms with Gasteiger partial charge in [-0.3, -0.25) is 9.78 Å². The maximum Gasteiger partial charge on any atom is 0.225 e. The summed E-state index contributed by atoms with van der Waals surface area (Å²) in [4.78, 5) is 18.5. The van der Waals surface area contributed by atoms with Gasteiger partial charge in [-0.1, -0.05) is 12.8 Å². The Kier molecular flexibility index (Phi) is 4.48. The molecular formula is C18H23N5O2. The number of aliphatic hydroxyl groups excluding tert-OH is 1. The molecule has 0 radical (unpaired) electrons. The topological polar surface area (TPSA) is 84.1 Å². The number of aliphatic hydroxyl groups is 1. The summed E-state index contributed by atoms with van der Waals surface area (Å²) in [6.07, 6.45) is 7.61. The molecule has 7 heteroatoms. The molecule has 132 valence electrons. The number of hydrogen-bond donors (Lipinski definition) is 1. The normalized spacial score (nSPS) is 19.0. The van der Waals surface area contributed by atoms with Gasteiger partial charge in [0.25, 0.3) is 0 Å². The third kappa shape index (κ3) is 3.28. The molecule has 2 aliphatic rings. The van der Waals surface area contributed by atoms with Crippen molar-refractivity contribution < 1.29 is 9.90 Å². The molecule has 25 heavy (non-hydrogen) atoms. The van der Waals surface area contributed by atoms with Gasteiger partial charge in [-0.2, -0.15) is 0 Å². The summed E-state index contributed by atoms with van der Waals surface area (Å²) in [5, 5.41) is 18.8. The second-order valence-electron chi connectivity index (χ2n) is 6.96. The standard InChI is InChI=1S/C18H23N5O2/c24-15(13-4-1-2-5-13)10-17(25)22-8-9-23-16(12-22)20-21-18(23)14-6-3-7-19-11-14/h3,6-7,11,13,15,24H,1-2,4-5,8-10,12H2. The van der Waals surface area contributed by atoms with E-state index in [9.17, 15) is 9.90 Å². The van der Waals surface area contributed by atoms with E-state index in [4.69, 9.17) is 0 Å². The summed E-state index contributed by atoms with van der Waals surface area (Å²) in [6, 6.07) is 3.83. The van der Waals surface area contributed by atoms with Crippen LogP contribution in [-0.2, 0) is 17.9 Å². The fraction of sp³-hybridized carbons (Fsp3) is 0.556. The zero-order valence-electron chi connectivity index (χ0n) is 14.2. The van der Waals surface area contributed by atoms with Gasteiger partial charge in [0, 0.05) is 31.0 Å². The van der Waals surface area contributed by atoms with Gasteiger partial charge in [-0.05, 0) is 30.9 Å². The predicted octanol–water partition coefficient (Wildman–Crippen LogP) is 1.62. The first-order valence-corrected chi connectivity index (χ1v) is 9.00. The average Bonchev–Trinajstić information content (AvgIpc) is 3.31. The lowest BCUT2D eigenvalue weighted by atomic mass is 9.98. The van der Waals surface area contributed by atoms with Crippen LogP contribution in [0.4, 0.5) is 0 Å². The molecule has 1 unspecified atom stereocenters. The van der Waals surface area contributed by atoms with Crippen molar-refractivity contribution >= 4 is 5.91 Å². The molecule has 1 saturated carbocycles. The fourth-order valence-electron chi connectivity index (χ4n) is 3.90. The second-order valence-corrected chi connectivity index (χ2v) is 6.96. The minimum absolute atomic E-state index is 0.0107. The highest BCUT2D eigenvalue weighted by atomic mass is 16.3. The largest absolute Gasteiger partial charge is 0.392 e. The van der Waals surface area contributed by atoms with Crippen LogP contribution in [0.5, 0.6) is 0 Å². The van der Waals surface area contributed by atoms with Crippen LogP contribution in [0.15, 0.2) is 24.5 Å². The molecule has 3 heterocycles. The van der Waals surface area contributed by atoms with Crippen LogP contribution < -0.4 is 0 Å². The van der Waals surface area contributed by atoms with Crippen LogP contribution in [0.2, 0.25) is 0 Å². The maximum absolute atomic E-state index is 12.6. The van der Waals surface area contributed by atoms with Gasteiger partial charge in [0.2, 0.25) is 5.91 Å². The Bertz CT molecular complexity index is 739. The van der Waals surface area contributed by atoms with Crippen LogP contribution >= 0.6 is 0 Å². The molecule has 1 aliphatic heterocycles. The number of carbonyl (C=O) groups excluding carboxylic acids is 1. The molecule has 2 aromatic rings. The average molecular weight is 341 g/mol. The van der Waals surface area contributed by atoms with E-state index in [1.54, 1.807) is 17.3 Å². The van der Waals surface area contributed by atoms with E-state index in [-0.39, 0.29) is 18.2 Å². The number of fused-ring (bicyclic) bond motifs is 1. The Morgan fingerprint density at radius 2 is 2.12 bits per heavy atom. The van der Waals surface area contributed by atoms with E-state index in [2.05, 4.69) is 15.2 Å². The van der Waals surface area contributed by atoms with E-state index in [0.717, 1.165) is 30.1 Å². The predicted molar refractivity (Wildman–Crippen MR) is 91.3 cm³/mol. The van der Waals surface area contributed by atoms with Crippen molar-refractivity contribution in [1.29, 1.82) is 0 Å². The first-order chi connectivity index (χ1) is 12.2. The van der Waals surface area contributed by atoms with Crippen molar-refractivity contribution in [2.75, 3.05) is 6.54 Å². The highest BCUT2D eigenvalue weighted by molar-refractivity contribution is 5.76. The number of aromatic nitrogens is 4. The van der Waals surface area contributed by atoms with Crippen LogP contribution in [0.3, 0.4) is 0 Å². The first-order valence-electron chi connectivity index (χ1n) is 9.00. The van der Waals surface area contributed by atoms with Crippen LogP contribution in [0.25, 0.3) is 11.4 Å². The zero-order chi connectivity index (χ0) is 17.2. The van der Waals surface area contributed by atoms with E-state index in [1.807, 2.05) is 16.7 Å². The Balaban J connectivity index is 1.43. The van der Waals surface area contributed by atoms with Crippen molar-refractivity contribution in [1.82, 2.24) is 24.6 Å². The zero-order valence-corrected chi connectivity index (χ0v) is 14.2. The monoisotopic (exact) mass is 341 g/mol. The van der Waals surface area contributed by atoms with Crippen LogP contribution in [-0.4, -0.2) is 48.3 Å². The third-order valence-electron chi connectivity index (χ3n) is 5.35. The van der Waals surface area contributed by atoms with Gasteiger partial charge in [0.05, 0.1) is 19.1 Å². The number of carbonyl (C=O) groups is 1. The lowest BCUT2D eigenvalue weighted by Gasteiger charge is -2.29. The third-order valence-corrected chi connectivity index (χ3v) is 5.35. The molecule has 1 atom stereocenters. The van der Waals surface area contributed by atoms with Crippen molar-refractivity contribution in [2.45, 2.75) is 51.3 Å². The minimum Gasteiger partial charge on any atom is -0.392 e. The molecule has 0 bridgehead atoms. The lowest BCUT2D eigenvalue weighted by molar-refractivity contribution is -0.135. The van der Waals surface area contributed by atoms with Crippen LogP contribution in [0, 0.1) is 5.92 Å². The molecule has 4 rings (SSSR count). The highest BCUT2D eigenvalue weighted by Crippen LogP contribution is 2.29. The fourth-order valence-corrected chi connectivity index (χ4v) is 3.90. The quantitative estimate of drug-likeness (QED) is 0.913. The van der Waals surface area contributed by atoms with Crippen LogP contribution in [0.1, 0.15) is 37.9 Å². The Morgan fingerprint density at radius 3 is 2.88 bits per heavy atom. The van der Waals surface area contributed by atoms with E-state index < -0.39 is 6.10 Å². The van der Waals surface area contributed by atoms with Gasteiger partial charge >= 0.3 is 0 Å². The molecule has 0 saturated heterocycles. The lowest BCUT2D eigenvalue weighted by Crippen LogP contribution is -2.40. The van der Waals surface area contributed by atoms with E-state index in [0.29, 0.717) is 19.6 Å². The molecule has 0 aromatic carbocycles. The van der Waals surface area contributed by atoms with Gasteiger partial charge in [-0.25, -0.2) is 0 Å². The van der Waals surface area contributed by atoms with E-state index >= 15 is 0 Å².